The predicted molar refractivity (Wildman–Crippen MR) is 131 cm³/mol. The summed E-state index contributed by atoms with van der Waals surface area (Å²) in [6.45, 7) is 4.20. The van der Waals surface area contributed by atoms with E-state index in [9.17, 15) is 9.59 Å². The molecule has 3 aliphatic rings. The fraction of sp³-hybridized carbons (Fsp3) is 0.133. The van der Waals surface area contributed by atoms with Crippen molar-refractivity contribution in [2.45, 2.75) is 24.9 Å². The summed E-state index contributed by atoms with van der Waals surface area (Å²) in [7, 11) is 0. The molecule has 1 fully saturated rings. The molecule has 4 aromatic rings. The van der Waals surface area contributed by atoms with Crippen LogP contribution in [0.3, 0.4) is 0 Å². The summed E-state index contributed by atoms with van der Waals surface area (Å²) in [4.78, 5) is 26.4. The van der Waals surface area contributed by atoms with Crippen LogP contribution in [0.2, 0.25) is 0 Å². The lowest BCUT2D eigenvalue weighted by Gasteiger charge is -2.52. The molecule has 1 atom stereocenters. The van der Waals surface area contributed by atoms with E-state index < -0.39 is 22.9 Å². The van der Waals surface area contributed by atoms with Gasteiger partial charge in [0.15, 0.2) is 0 Å². The highest BCUT2D eigenvalue weighted by molar-refractivity contribution is 6.36. The first-order valence-corrected chi connectivity index (χ1v) is 11.6. The molecule has 34 heavy (non-hydrogen) atoms. The molecule has 4 heteroatoms. The summed E-state index contributed by atoms with van der Waals surface area (Å²) < 4.78 is 0. The van der Waals surface area contributed by atoms with Gasteiger partial charge in [0.2, 0.25) is 0 Å². The third-order valence-corrected chi connectivity index (χ3v) is 7.92. The van der Waals surface area contributed by atoms with Gasteiger partial charge in [0, 0.05) is 0 Å². The van der Waals surface area contributed by atoms with Crippen molar-refractivity contribution in [3.05, 3.63) is 118 Å². The minimum absolute atomic E-state index is 0.615. The molecule has 1 aliphatic heterocycles. The van der Waals surface area contributed by atoms with E-state index in [1.54, 1.807) is 0 Å². The summed E-state index contributed by atoms with van der Waals surface area (Å²) in [6.07, 6.45) is 0. The lowest BCUT2D eigenvalue weighted by molar-refractivity contribution is -0.145. The number of hydrogen-bond donors (Lipinski definition) is 2. The van der Waals surface area contributed by atoms with E-state index >= 15 is 0 Å². The second-order valence-corrected chi connectivity index (χ2v) is 9.49. The van der Waals surface area contributed by atoms with Crippen molar-refractivity contribution in [2.75, 3.05) is 0 Å². The van der Waals surface area contributed by atoms with E-state index in [2.05, 4.69) is 73.0 Å². The lowest BCUT2D eigenvalue weighted by Crippen LogP contribution is -2.73. The fourth-order valence-electron chi connectivity index (χ4n) is 6.74. The van der Waals surface area contributed by atoms with Gasteiger partial charge in [-0.2, -0.15) is 0 Å². The number of piperazine rings is 1. The number of fused-ring (bicyclic) bond motifs is 11. The third-order valence-electron chi connectivity index (χ3n) is 7.92. The molecule has 0 bridgehead atoms. The number of aryl methyl sites for hydroxylation is 2. The molecule has 1 heterocycles. The third kappa shape index (κ3) is 1.97. The molecule has 4 nitrogen and oxygen atoms in total. The van der Waals surface area contributed by atoms with Gasteiger partial charge in [-0.15, -0.1) is 0 Å². The number of benzene rings is 4. The Morgan fingerprint density at radius 3 is 1.56 bits per heavy atom. The molecule has 0 radical (unpaired) electrons. The number of amides is 2. The van der Waals surface area contributed by atoms with Crippen LogP contribution in [-0.2, 0) is 20.7 Å². The number of carbonyl (C=O) groups is 2. The minimum Gasteiger partial charge on any atom is -0.331 e. The zero-order valence-corrected chi connectivity index (χ0v) is 18.9. The van der Waals surface area contributed by atoms with Gasteiger partial charge in [-0.05, 0) is 69.5 Å². The Morgan fingerprint density at radius 1 is 0.529 bits per heavy atom. The Labute approximate surface area is 197 Å². The van der Waals surface area contributed by atoms with Crippen molar-refractivity contribution in [3.63, 3.8) is 0 Å². The molecule has 1 saturated heterocycles. The first-order valence-electron chi connectivity index (χ1n) is 11.6. The molecule has 0 aromatic heterocycles. The van der Waals surface area contributed by atoms with Gasteiger partial charge in [0.25, 0.3) is 0 Å². The molecule has 4 aromatic carbocycles. The van der Waals surface area contributed by atoms with Gasteiger partial charge in [-0.25, -0.2) is 0 Å². The van der Waals surface area contributed by atoms with Gasteiger partial charge in [-0.3, -0.25) is 9.59 Å². The van der Waals surface area contributed by atoms with Crippen LogP contribution in [-0.4, -0.2) is 11.8 Å². The highest BCUT2D eigenvalue weighted by Gasteiger charge is 2.67. The fourth-order valence-corrected chi connectivity index (χ4v) is 6.74. The van der Waals surface area contributed by atoms with Crippen molar-refractivity contribution in [2.24, 2.45) is 0 Å². The second kappa shape index (κ2) is 6.23. The van der Waals surface area contributed by atoms with Crippen LogP contribution in [0, 0.1) is 13.8 Å². The topological polar surface area (TPSA) is 58.2 Å². The Morgan fingerprint density at radius 2 is 0.971 bits per heavy atom. The van der Waals surface area contributed by atoms with Crippen LogP contribution >= 0.6 is 0 Å². The summed E-state index contributed by atoms with van der Waals surface area (Å²) in [6, 6.07) is 29.0. The standard InChI is InChI=1S/C30H22N2O2/c1-17-15-16-18(2)26-25(17)21-11-5-8-14-24(21)30(26)29(31-27(33)28(34)32-30)22-12-6-3-9-19(22)20-10-4-7-13-23(20)29/h3-16H,1-2H3,(H,31,33)(H,32,34). The lowest BCUT2D eigenvalue weighted by atomic mass is 9.63. The smallest absolute Gasteiger partial charge is 0.310 e. The van der Waals surface area contributed by atoms with Gasteiger partial charge >= 0.3 is 11.8 Å². The molecule has 164 valence electrons. The van der Waals surface area contributed by atoms with Crippen molar-refractivity contribution < 1.29 is 9.59 Å². The highest BCUT2D eigenvalue weighted by Crippen LogP contribution is 2.64. The number of hydrogen-bond acceptors (Lipinski definition) is 2. The first-order chi connectivity index (χ1) is 16.5. The zero-order chi connectivity index (χ0) is 23.2. The van der Waals surface area contributed by atoms with Gasteiger partial charge in [0.1, 0.15) is 11.1 Å². The Hall–Kier alpha value is -4.18. The zero-order valence-electron chi connectivity index (χ0n) is 18.9. The molecule has 2 N–H and O–H groups in total. The predicted octanol–water partition coefficient (Wildman–Crippen LogP) is 4.70. The van der Waals surface area contributed by atoms with E-state index in [1.165, 1.54) is 0 Å². The van der Waals surface area contributed by atoms with Crippen LogP contribution in [0.4, 0.5) is 0 Å². The molecule has 2 aliphatic carbocycles. The first kappa shape index (κ1) is 19.3. The normalized spacial score (nSPS) is 20.4. The molecular weight excluding hydrogens is 420 g/mol. The van der Waals surface area contributed by atoms with Crippen molar-refractivity contribution in [3.8, 4) is 22.3 Å². The van der Waals surface area contributed by atoms with Gasteiger partial charge < -0.3 is 10.6 Å². The highest BCUT2D eigenvalue weighted by atomic mass is 16.2. The van der Waals surface area contributed by atoms with Gasteiger partial charge in [-0.1, -0.05) is 84.9 Å². The summed E-state index contributed by atoms with van der Waals surface area (Å²) in [5.41, 5.74) is 8.64. The Balaban J connectivity index is 1.74. The van der Waals surface area contributed by atoms with E-state index in [0.717, 1.165) is 55.6 Å². The van der Waals surface area contributed by atoms with E-state index in [4.69, 9.17) is 0 Å². The molecule has 1 unspecified atom stereocenters. The van der Waals surface area contributed by atoms with Crippen LogP contribution < -0.4 is 10.6 Å². The molecule has 0 saturated carbocycles. The molecule has 7 rings (SSSR count). The number of rotatable bonds is 0. The second-order valence-electron chi connectivity index (χ2n) is 9.49. The van der Waals surface area contributed by atoms with Gasteiger partial charge in [0.05, 0.1) is 0 Å². The quantitative estimate of drug-likeness (QED) is 0.388. The average Bonchev–Trinajstić information content (AvgIpc) is 3.31. The van der Waals surface area contributed by atoms with E-state index in [-0.39, 0.29) is 0 Å². The van der Waals surface area contributed by atoms with E-state index in [0.29, 0.717) is 0 Å². The Bertz CT molecular complexity index is 1540. The maximum absolute atomic E-state index is 13.2. The minimum atomic E-state index is -0.997. The van der Waals surface area contributed by atoms with Crippen LogP contribution in [0.15, 0.2) is 84.9 Å². The molecule has 2 spiro atoms. The summed E-state index contributed by atoms with van der Waals surface area (Å²) in [5, 5.41) is 6.55. The summed E-state index contributed by atoms with van der Waals surface area (Å²) >= 11 is 0. The van der Waals surface area contributed by atoms with Crippen molar-refractivity contribution in [1.29, 1.82) is 0 Å². The van der Waals surface area contributed by atoms with Crippen LogP contribution in [0.5, 0.6) is 0 Å². The largest absolute Gasteiger partial charge is 0.331 e. The van der Waals surface area contributed by atoms with Crippen LogP contribution in [0.1, 0.15) is 33.4 Å². The average molecular weight is 443 g/mol. The maximum atomic E-state index is 13.2. The molecule has 2 amide bonds. The Kier molecular flexibility index (Phi) is 3.54. The monoisotopic (exact) mass is 442 g/mol. The number of carbonyl (C=O) groups excluding carboxylic acids is 2. The van der Waals surface area contributed by atoms with Crippen molar-refractivity contribution in [1.82, 2.24) is 10.6 Å². The van der Waals surface area contributed by atoms with Crippen LogP contribution in [0.25, 0.3) is 22.3 Å². The maximum Gasteiger partial charge on any atom is 0.310 e. The summed E-state index contributed by atoms with van der Waals surface area (Å²) in [5.74, 6) is -1.23. The number of nitrogens with one attached hydrogen (secondary N) is 2. The van der Waals surface area contributed by atoms with E-state index in [1.807, 2.05) is 36.4 Å². The SMILES string of the molecule is Cc1ccc(C)c2c1-c1ccccc1C21NC(=O)C(=O)NC12c1ccccc1-c1ccccc12. The molecular formula is C30H22N2O2. The van der Waals surface area contributed by atoms with Crippen molar-refractivity contribution >= 4 is 11.8 Å².